The van der Waals surface area contributed by atoms with Gasteiger partial charge in [0, 0.05) is 18.2 Å². The van der Waals surface area contributed by atoms with Crippen molar-refractivity contribution in [1.29, 1.82) is 0 Å². The normalized spacial score (nSPS) is 10.7. The molecule has 1 rings (SSSR count). The van der Waals surface area contributed by atoms with Gasteiger partial charge in [0.25, 0.3) is 0 Å². The zero-order chi connectivity index (χ0) is 18.5. The summed E-state index contributed by atoms with van der Waals surface area (Å²) >= 11 is 0. The Hall–Kier alpha value is -2.17. The van der Waals surface area contributed by atoms with Gasteiger partial charge in [-0.15, -0.1) is 0 Å². The quantitative estimate of drug-likeness (QED) is 0.406. The maximum Gasteiger partial charge on any atom is 0.330 e. The van der Waals surface area contributed by atoms with Crippen LogP contribution in [0.3, 0.4) is 0 Å². The summed E-state index contributed by atoms with van der Waals surface area (Å²) in [6.45, 7) is 10.0. The number of carbonyl (C=O) groups is 1. The lowest BCUT2D eigenvalue weighted by atomic mass is 10.1. The average Bonchev–Trinajstić information content (AvgIpc) is 2.61. The zero-order valence-electron chi connectivity index (χ0n) is 15.8. The summed E-state index contributed by atoms with van der Waals surface area (Å²) in [6, 6.07) is 3.68. The molecule has 0 bridgehead atoms. The summed E-state index contributed by atoms with van der Waals surface area (Å²) in [5, 5.41) is 0. The van der Waals surface area contributed by atoms with Gasteiger partial charge in [-0.3, -0.25) is 0 Å². The first-order chi connectivity index (χ1) is 12.2. The highest BCUT2D eigenvalue weighted by Crippen LogP contribution is 2.36. The van der Waals surface area contributed by atoms with E-state index in [9.17, 15) is 4.79 Å². The molecule has 0 spiro atoms. The van der Waals surface area contributed by atoms with Gasteiger partial charge in [0.15, 0.2) is 0 Å². The van der Waals surface area contributed by atoms with Crippen molar-refractivity contribution in [3.8, 4) is 17.2 Å². The van der Waals surface area contributed by atoms with E-state index < -0.39 is 5.97 Å². The fraction of sp³-hybridized carbons (Fsp3) is 0.550. The molecule has 5 nitrogen and oxygen atoms in total. The van der Waals surface area contributed by atoms with Crippen molar-refractivity contribution < 1.29 is 23.7 Å². The van der Waals surface area contributed by atoms with E-state index in [-0.39, 0.29) is 0 Å². The Morgan fingerprint density at radius 1 is 0.880 bits per heavy atom. The lowest BCUT2D eigenvalue weighted by Crippen LogP contribution is -2.04. The molecule has 0 aromatic heterocycles. The van der Waals surface area contributed by atoms with Gasteiger partial charge < -0.3 is 18.9 Å². The van der Waals surface area contributed by atoms with Crippen LogP contribution in [0.15, 0.2) is 18.2 Å². The highest BCUT2D eigenvalue weighted by molar-refractivity contribution is 5.88. The van der Waals surface area contributed by atoms with Crippen LogP contribution in [0.5, 0.6) is 17.2 Å². The highest BCUT2D eigenvalue weighted by Gasteiger charge is 2.13. The van der Waals surface area contributed by atoms with Crippen molar-refractivity contribution >= 4 is 12.0 Å². The summed E-state index contributed by atoms with van der Waals surface area (Å²) in [6.07, 6.45) is 5.75. The van der Waals surface area contributed by atoms with Crippen LogP contribution in [0.25, 0.3) is 6.08 Å². The summed E-state index contributed by atoms with van der Waals surface area (Å²) in [5.41, 5.74) is 0.721. The van der Waals surface area contributed by atoms with Gasteiger partial charge in [-0.05, 0) is 32.3 Å². The predicted molar refractivity (Wildman–Crippen MR) is 99.5 cm³/mol. The van der Waals surface area contributed by atoms with E-state index >= 15 is 0 Å². The van der Waals surface area contributed by atoms with Gasteiger partial charge >= 0.3 is 5.97 Å². The molecule has 0 heterocycles. The Morgan fingerprint density at radius 3 is 1.88 bits per heavy atom. The maximum atomic E-state index is 11.7. The predicted octanol–water partition coefficient (Wildman–Crippen LogP) is 4.63. The second-order valence-electron chi connectivity index (χ2n) is 5.46. The van der Waals surface area contributed by atoms with Gasteiger partial charge in [-0.2, -0.15) is 0 Å². The van der Waals surface area contributed by atoms with E-state index in [0.29, 0.717) is 43.7 Å². The third-order valence-electron chi connectivity index (χ3n) is 3.15. The van der Waals surface area contributed by atoms with E-state index in [1.807, 2.05) is 26.0 Å². The number of ether oxygens (including phenoxy) is 4. The molecule has 0 aliphatic carbocycles. The summed E-state index contributed by atoms with van der Waals surface area (Å²) in [5.74, 6) is 1.59. The van der Waals surface area contributed by atoms with Crippen molar-refractivity contribution in [1.82, 2.24) is 0 Å². The Morgan fingerprint density at radius 2 is 1.40 bits per heavy atom. The molecular formula is C20H30O5. The topological polar surface area (TPSA) is 54.0 Å². The van der Waals surface area contributed by atoms with Crippen LogP contribution in [0, 0.1) is 0 Å². The molecule has 5 heteroatoms. The van der Waals surface area contributed by atoms with E-state index in [1.165, 1.54) is 6.08 Å². The van der Waals surface area contributed by atoms with E-state index in [1.54, 1.807) is 13.0 Å². The van der Waals surface area contributed by atoms with E-state index in [0.717, 1.165) is 24.8 Å². The molecule has 0 aliphatic rings. The SMILES string of the molecule is CCCOc1cc(OCCC)c(C=CC(=O)OCC)c(OCCC)c1. The third kappa shape index (κ3) is 7.50. The van der Waals surface area contributed by atoms with Gasteiger partial charge in [-0.25, -0.2) is 4.79 Å². The van der Waals surface area contributed by atoms with Crippen molar-refractivity contribution in [2.24, 2.45) is 0 Å². The first-order valence-corrected chi connectivity index (χ1v) is 9.07. The average molecular weight is 350 g/mol. The standard InChI is InChI=1S/C20H30O5/c1-5-11-23-16-14-18(24-12-6-2)17(9-10-20(21)22-8-4)19(15-16)25-13-7-3/h9-10,14-15H,5-8,11-13H2,1-4H3. The third-order valence-corrected chi connectivity index (χ3v) is 3.15. The number of hydrogen-bond acceptors (Lipinski definition) is 5. The molecular weight excluding hydrogens is 320 g/mol. The molecule has 0 amide bonds. The monoisotopic (exact) mass is 350 g/mol. The number of carbonyl (C=O) groups excluding carboxylic acids is 1. The molecule has 0 unspecified atom stereocenters. The minimum Gasteiger partial charge on any atom is -0.493 e. The molecule has 0 N–H and O–H groups in total. The van der Waals surface area contributed by atoms with E-state index in [4.69, 9.17) is 18.9 Å². The summed E-state index contributed by atoms with van der Waals surface area (Å²) < 4.78 is 22.4. The van der Waals surface area contributed by atoms with Crippen molar-refractivity contribution in [3.63, 3.8) is 0 Å². The largest absolute Gasteiger partial charge is 0.493 e. The molecule has 140 valence electrons. The molecule has 0 radical (unpaired) electrons. The van der Waals surface area contributed by atoms with Gasteiger partial charge in [0.05, 0.1) is 32.0 Å². The lowest BCUT2D eigenvalue weighted by Gasteiger charge is -2.16. The Labute approximate surface area is 150 Å². The second-order valence-corrected chi connectivity index (χ2v) is 5.46. The first-order valence-electron chi connectivity index (χ1n) is 9.07. The first kappa shape index (κ1) is 20.9. The van der Waals surface area contributed by atoms with Crippen LogP contribution in [-0.2, 0) is 9.53 Å². The van der Waals surface area contributed by atoms with Crippen molar-refractivity contribution in [2.45, 2.75) is 47.0 Å². The molecule has 1 aromatic carbocycles. The maximum absolute atomic E-state index is 11.7. The van der Waals surface area contributed by atoms with E-state index in [2.05, 4.69) is 6.92 Å². The number of rotatable bonds is 12. The second kappa shape index (κ2) is 12.2. The Balaban J connectivity index is 3.21. The summed E-state index contributed by atoms with van der Waals surface area (Å²) in [4.78, 5) is 11.7. The highest BCUT2D eigenvalue weighted by atomic mass is 16.5. The molecule has 0 fully saturated rings. The Bertz CT molecular complexity index is 522. The van der Waals surface area contributed by atoms with Crippen LogP contribution in [0.2, 0.25) is 0 Å². The smallest absolute Gasteiger partial charge is 0.330 e. The minimum atomic E-state index is -0.392. The summed E-state index contributed by atoms with van der Waals surface area (Å²) in [7, 11) is 0. The van der Waals surface area contributed by atoms with Gasteiger partial charge in [-0.1, -0.05) is 20.8 Å². The fourth-order valence-corrected chi connectivity index (χ4v) is 2.05. The van der Waals surface area contributed by atoms with Crippen LogP contribution in [0.1, 0.15) is 52.5 Å². The lowest BCUT2D eigenvalue weighted by molar-refractivity contribution is -0.137. The van der Waals surface area contributed by atoms with Gasteiger partial charge in [0.1, 0.15) is 17.2 Å². The van der Waals surface area contributed by atoms with Gasteiger partial charge in [0.2, 0.25) is 0 Å². The van der Waals surface area contributed by atoms with Crippen molar-refractivity contribution in [3.05, 3.63) is 23.8 Å². The van der Waals surface area contributed by atoms with Crippen molar-refractivity contribution in [2.75, 3.05) is 26.4 Å². The molecule has 0 atom stereocenters. The molecule has 25 heavy (non-hydrogen) atoms. The molecule has 1 aromatic rings. The van der Waals surface area contributed by atoms with Crippen LogP contribution < -0.4 is 14.2 Å². The molecule has 0 saturated carbocycles. The molecule has 0 aliphatic heterocycles. The number of benzene rings is 1. The van der Waals surface area contributed by atoms with Crippen LogP contribution in [0.4, 0.5) is 0 Å². The van der Waals surface area contributed by atoms with Crippen LogP contribution in [-0.4, -0.2) is 32.4 Å². The molecule has 0 saturated heterocycles. The fourth-order valence-electron chi connectivity index (χ4n) is 2.05. The minimum absolute atomic E-state index is 0.339. The zero-order valence-corrected chi connectivity index (χ0v) is 15.8. The number of esters is 1. The Kier molecular flexibility index (Phi) is 10.2. The number of hydrogen-bond donors (Lipinski definition) is 0. The van der Waals surface area contributed by atoms with Crippen LogP contribution >= 0.6 is 0 Å².